The topological polar surface area (TPSA) is 9.23 Å². The van der Waals surface area contributed by atoms with E-state index in [1.165, 1.54) is 23.1 Å². The molecule has 0 N–H and O–H groups in total. The van der Waals surface area contributed by atoms with E-state index in [0.29, 0.717) is 11.3 Å². The van der Waals surface area contributed by atoms with Gasteiger partial charge in [-0.3, -0.25) is 0 Å². The van der Waals surface area contributed by atoms with Gasteiger partial charge in [-0.05, 0) is 49.0 Å². The normalized spacial score (nSPS) is 36.6. The van der Waals surface area contributed by atoms with Crippen LogP contribution >= 0.6 is 0 Å². The van der Waals surface area contributed by atoms with Gasteiger partial charge < -0.3 is 4.74 Å². The van der Waals surface area contributed by atoms with Crippen LogP contribution in [0.25, 0.3) is 0 Å². The van der Waals surface area contributed by atoms with E-state index in [9.17, 15) is 0 Å². The Hall–Kier alpha value is -1.24. The molecule has 3 rings (SSSR count). The number of rotatable bonds is 1. The van der Waals surface area contributed by atoms with Crippen LogP contribution in [0.5, 0.6) is 0 Å². The standard InChI is InChI=1S/C14H16O/c1-9-4-5-11-7-14(11)8-13(15-3)10(2)6-12(9)14/h4-6,8,11H,7H2,1-3H3. The molecule has 0 aromatic heterocycles. The van der Waals surface area contributed by atoms with Crippen molar-refractivity contribution in [2.24, 2.45) is 11.3 Å². The van der Waals surface area contributed by atoms with E-state index in [0.717, 1.165) is 5.76 Å². The Kier molecular flexibility index (Phi) is 1.60. The summed E-state index contributed by atoms with van der Waals surface area (Å²) in [6.45, 7) is 4.33. The first-order chi connectivity index (χ1) is 7.17. The third-order valence-electron chi connectivity index (χ3n) is 3.92. The van der Waals surface area contributed by atoms with Crippen molar-refractivity contribution in [3.63, 3.8) is 0 Å². The Morgan fingerprint density at radius 1 is 1.40 bits per heavy atom. The molecule has 0 saturated heterocycles. The van der Waals surface area contributed by atoms with Crippen molar-refractivity contribution in [2.45, 2.75) is 20.3 Å². The van der Waals surface area contributed by atoms with Crippen LogP contribution in [-0.4, -0.2) is 7.11 Å². The molecular weight excluding hydrogens is 184 g/mol. The summed E-state index contributed by atoms with van der Waals surface area (Å²) >= 11 is 0. The van der Waals surface area contributed by atoms with Crippen molar-refractivity contribution in [3.8, 4) is 0 Å². The van der Waals surface area contributed by atoms with Crippen molar-refractivity contribution in [2.75, 3.05) is 7.11 Å². The summed E-state index contributed by atoms with van der Waals surface area (Å²) in [6.07, 6.45) is 10.5. The van der Waals surface area contributed by atoms with Gasteiger partial charge in [0.15, 0.2) is 0 Å². The summed E-state index contributed by atoms with van der Waals surface area (Å²) in [4.78, 5) is 0. The van der Waals surface area contributed by atoms with Crippen molar-refractivity contribution in [1.82, 2.24) is 0 Å². The minimum atomic E-state index is 0.295. The zero-order chi connectivity index (χ0) is 10.6. The number of hydrogen-bond donors (Lipinski definition) is 0. The monoisotopic (exact) mass is 200 g/mol. The van der Waals surface area contributed by atoms with Gasteiger partial charge in [0.25, 0.3) is 0 Å². The molecule has 78 valence electrons. The number of hydrogen-bond acceptors (Lipinski definition) is 1. The molecule has 0 aromatic carbocycles. The zero-order valence-electron chi connectivity index (χ0n) is 9.50. The lowest BCUT2D eigenvalue weighted by molar-refractivity contribution is 0.294. The second-order valence-corrected chi connectivity index (χ2v) is 4.85. The highest BCUT2D eigenvalue weighted by molar-refractivity contribution is 5.57. The van der Waals surface area contributed by atoms with Gasteiger partial charge in [-0.15, -0.1) is 0 Å². The second-order valence-electron chi connectivity index (χ2n) is 4.85. The minimum Gasteiger partial charge on any atom is -0.497 e. The molecule has 2 unspecified atom stereocenters. The fourth-order valence-corrected chi connectivity index (χ4v) is 2.92. The molecule has 1 nitrogen and oxygen atoms in total. The molecule has 15 heavy (non-hydrogen) atoms. The molecule has 1 heteroatoms. The number of allylic oxidation sites excluding steroid dienone is 7. The van der Waals surface area contributed by atoms with Crippen molar-refractivity contribution >= 4 is 0 Å². The number of ether oxygens (including phenoxy) is 1. The zero-order valence-corrected chi connectivity index (χ0v) is 9.50. The molecule has 0 radical (unpaired) electrons. The van der Waals surface area contributed by atoms with Crippen LogP contribution in [0.15, 0.2) is 46.8 Å². The van der Waals surface area contributed by atoms with Crippen molar-refractivity contribution in [1.29, 1.82) is 0 Å². The molecule has 1 fully saturated rings. The van der Waals surface area contributed by atoms with Crippen molar-refractivity contribution < 1.29 is 4.74 Å². The van der Waals surface area contributed by atoms with Crippen LogP contribution in [0.1, 0.15) is 20.3 Å². The smallest absolute Gasteiger partial charge is 0.118 e. The molecule has 0 heterocycles. The largest absolute Gasteiger partial charge is 0.497 e. The fraction of sp³-hybridized carbons (Fsp3) is 0.429. The van der Waals surface area contributed by atoms with Crippen LogP contribution in [0.3, 0.4) is 0 Å². The predicted octanol–water partition coefficient (Wildman–Crippen LogP) is 3.37. The summed E-state index contributed by atoms with van der Waals surface area (Å²) in [5.74, 6) is 1.77. The lowest BCUT2D eigenvalue weighted by Gasteiger charge is -2.26. The lowest BCUT2D eigenvalue weighted by Crippen LogP contribution is -2.14. The minimum absolute atomic E-state index is 0.295. The average molecular weight is 200 g/mol. The predicted molar refractivity (Wildman–Crippen MR) is 61.2 cm³/mol. The first-order valence-corrected chi connectivity index (χ1v) is 5.52. The van der Waals surface area contributed by atoms with E-state index in [1.54, 1.807) is 7.11 Å². The Morgan fingerprint density at radius 2 is 2.20 bits per heavy atom. The summed E-state index contributed by atoms with van der Waals surface area (Å²) in [7, 11) is 1.76. The highest BCUT2D eigenvalue weighted by Crippen LogP contribution is 2.64. The molecule has 2 atom stereocenters. The fourth-order valence-electron chi connectivity index (χ4n) is 2.92. The average Bonchev–Trinajstić information content (AvgIpc) is 2.93. The SMILES string of the molecule is COC1=CC23CC2C=CC(C)=C3C=C1C. The Morgan fingerprint density at radius 3 is 2.93 bits per heavy atom. The first kappa shape index (κ1) is 9.02. The quantitative estimate of drug-likeness (QED) is 0.630. The van der Waals surface area contributed by atoms with E-state index in [4.69, 9.17) is 4.74 Å². The molecule has 1 spiro atoms. The van der Waals surface area contributed by atoms with Gasteiger partial charge in [0.05, 0.1) is 7.11 Å². The van der Waals surface area contributed by atoms with Gasteiger partial charge in [-0.25, -0.2) is 0 Å². The third-order valence-corrected chi connectivity index (χ3v) is 3.92. The van der Waals surface area contributed by atoms with E-state index in [-0.39, 0.29) is 0 Å². The van der Waals surface area contributed by atoms with E-state index < -0.39 is 0 Å². The van der Waals surface area contributed by atoms with E-state index >= 15 is 0 Å². The molecule has 0 bridgehead atoms. The molecule has 3 aliphatic rings. The maximum absolute atomic E-state index is 5.43. The molecule has 1 saturated carbocycles. The van der Waals surface area contributed by atoms with Gasteiger partial charge in [0, 0.05) is 5.41 Å². The maximum Gasteiger partial charge on any atom is 0.118 e. The van der Waals surface area contributed by atoms with Gasteiger partial charge in [-0.2, -0.15) is 0 Å². The van der Waals surface area contributed by atoms with Gasteiger partial charge >= 0.3 is 0 Å². The molecule has 0 aromatic rings. The summed E-state index contributed by atoms with van der Waals surface area (Å²) in [6, 6.07) is 0. The van der Waals surface area contributed by atoms with Crippen LogP contribution in [0.2, 0.25) is 0 Å². The number of methoxy groups -OCH3 is 1. The van der Waals surface area contributed by atoms with E-state index in [1.807, 2.05) is 0 Å². The Bertz CT molecular complexity index is 448. The second kappa shape index (κ2) is 2.66. The van der Waals surface area contributed by atoms with Crippen molar-refractivity contribution in [3.05, 3.63) is 46.8 Å². The highest BCUT2D eigenvalue weighted by atomic mass is 16.5. The first-order valence-electron chi connectivity index (χ1n) is 5.52. The lowest BCUT2D eigenvalue weighted by atomic mass is 9.80. The summed E-state index contributed by atoms with van der Waals surface area (Å²) < 4.78 is 5.43. The molecule has 3 aliphatic carbocycles. The van der Waals surface area contributed by atoms with Gasteiger partial charge in [0.2, 0.25) is 0 Å². The molecular formula is C14H16O. The van der Waals surface area contributed by atoms with Crippen LogP contribution in [0, 0.1) is 11.3 Å². The van der Waals surface area contributed by atoms with Gasteiger partial charge in [0.1, 0.15) is 5.76 Å². The van der Waals surface area contributed by atoms with Crippen LogP contribution in [0.4, 0.5) is 0 Å². The summed E-state index contributed by atoms with van der Waals surface area (Å²) in [5.41, 5.74) is 4.46. The highest BCUT2D eigenvalue weighted by Gasteiger charge is 2.56. The van der Waals surface area contributed by atoms with Crippen LogP contribution in [-0.2, 0) is 4.74 Å². The third kappa shape index (κ3) is 1.04. The Balaban J connectivity index is 2.15. The Labute approximate surface area is 90.8 Å². The van der Waals surface area contributed by atoms with E-state index in [2.05, 4.69) is 38.2 Å². The summed E-state index contributed by atoms with van der Waals surface area (Å²) in [5, 5.41) is 0. The maximum atomic E-state index is 5.43. The molecule has 0 amide bonds. The van der Waals surface area contributed by atoms with Gasteiger partial charge in [-0.1, -0.05) is 18.2 Å². The molecule has 0 aliphatic heterocycles. The van der Waals surface area contributed by atoms with Crippen LogP contribution < -0.4 is 0 Å².